The fourth-order valence-electron chi connectivity index (χ4n) is 2.41. The summed E-state index contributed by atoms with van der Waals surface area (Å²) in [7, 11) is 1.67. The van der Waals surface area contributed by atoms with E-state index in [4.69, 9.17) is 17.4 Å². The zero-order valence-electron chi connectivity index (χ0n) is 12.8. The van der Waals surface area contributed by atoms with Gasteiger partial charge >= 0.3 is 0 Å². The van der Waals surface area contributed by atoms with E-state index in [9.17, 15) is 10.1 Å². The number of likely N-dealkylation sites (N-methyl/N-ethyl adjacent to an activating group) is 1. The molecule has 0 aromatic heterocycles. The van der Waals surface area contributed by atoms with Crippen molar-refractivity contribution in [1.82, 2.24) is 5.01 Å². The van der Waals surface area contributed by atoms with Gasteiger partial charge in [0, 0.05) is 35.3 Å². The molecular formula is C16H14ClN5O2. The zero-order valence-corrected chi connectivity index (χ0v) is 13.6. The molecule has 0 spiro atoms. The Labute approximate surface area is 143 Å². The first-order valence-corrected chi connectivity index (χ1v) is 7.49. The number of amidine groups is 1. The Balaban J connectivity index is 2.24. The largest absolute Gasteiger partial charge is 0.300 e. The van der Waals surface area contributed by atoms with E-state index in [1.54, 1.807) is 19.2 Å². The Morgan fingerprint density at radius 3 is 2.67 bits per heavy atom. The highest BCUT2D eigenvalue weighted by Crippen LogP contribution is 2.31. The van der Waals surface area contributed by atoms with Gasteiger partial charge in [0.1, 0.15) is 5.84 Å². The van der Waals surface area contributed by atoms with Crippen LogP contribution in [0.2, 0.25) is 5.02 Å². The molecule has 2 aromatic carbocycles. The van der Waals surface area contributed by atoms with E-state index in [2.05, 4.69) is 9.98 Å². The number of nitrogens with two attached hydrogens (primary N) is 1. The highest BCUT2D eigenvalue weighted by molar-refractivity contribution is 6.36. The van der Waals surface area contributed by atoms with Gasteiger partial charge < -0.3 is 0 Å². The summed E-state index contributed by atoms with van der Waals surface area (Å²) in [6, 6.07) is 11.7. The van der Waals surface area contributed by atoms with E-state index >= 15 is 0 Å². The lowest BCUT2D eigenvalue weighted by atomic mass is 10.00. The molecule has 0 saturated heterocycles. The SMILES string of the molecule is CN(N)C1=Nc2ccc([N+](=O)[O-])cc2C(c2ccccc2Cl)=NC1. The number of non-ortho nitro benzene ring substituents is 1. The minimum Gasteiger partial charge on any atom is -0.300 e. The second-order valence-corrected chi connectivity index (χ2v) is 5.65. The number of nitro benzene ring substituents is 1. The summed E-state index contributed by atoms with van der Waals surface area (Å²) in [6.07, 6.45) is 0. The normalized spacial score (nSPS) is 13.5. The number of rotatable bonds is 2. The van der Waals surface area contributed by atoms with Crippen LogP contribution in [-0.2, 0) is 0 Å². The number of fused-ring (bicyclic) bond motifs is 1. The van der Waals surface area contributed by atoms with E-state index in [0.717, 1.165) is 0 Å². The van der Waals surface area contributed by atoms with E-state index in [1.165, 1.54) is 17.1 Å². The molecule has 0 bridgehead atoms. The van der Waals surface area contributed by atoms with Crippen molar-refractivity contribution in [2.45, 2.75) is 0 Å². The van der Waals surface area contributed by atoms with E-state index in [0.29, 0.717) is 33.4 Å². The van der Waals surface area contributed by atoms with Crippen LogP contribution >= 0.6 is 11.6 Å². The zero-order chi connectivity index (χ0) is 17.3. The topological polar surface area (TPSA) is 97.1 Å². The van der Waals surface area contributed by atoms with Crippen LogP contribution in [0, 0.1) is 10.1 Å². The first kappa shape index (κ1) is 16.1. The van der Waals surface area contributed by atoms with Gasteiger partial charge in [-0.25, -0.2) is 10.8 Å². The first-order valence-electron chi connectivity index (χ1n) is 7.11. The van der Waals surface area contributed by atoms with Crippen LogP contribution in [0.1, 0.15) is 11.1 Å². The van der Waals surface area contributed by atoms with E-state index in [-0.39, 0.29) is 12.2 Å². The predicted octanol–water partition coefficient (Wildman–Crippen LogP) is 2.93. The molecule has 3 rings (SSSR count). The van der Waals surface area contributed by atoms with Gasteiger partial charge in [-0.1, -0.05) is 29.8 Å². The molecule has 0 saturated carbocycles. The lowest BCUT2D eigenvalue weighted by Gasteiger charge is -2.12. The summed E-state index contributed by atoms with van der Waals surface area (Å²) in [5.41, 5.74) is 2.32. The molecule has 0 fully saturated rings. The van der Waals surface area contributed by atoms with Gasteiger partial charge in [0.15, 0.2) is 0 Å². The van der Waals surface area contributed by atoms with Gasteiger partial charge in [0.25, 0.3) is 5.69 Å². The van der Waals surface area contributed by atoms with Crippen molar-refractivity contribution in [1.29, 1.82) is 0 Å². The Morgan fingerprint density at radius 1 is 1.25 bits per heavy atom. The second-order valence-electron chi connectivity index (χ2n) is 5.24. The molecule has 8 heteroatoms. The van der Waals surface area contributed by atoms with Gasteiger partial charge in [-0.3, -0.25) is 20.1 Å². The quantitative estimate of drug-likeness (QED) is 0.515. The summed E-state index contributed by atoms with van der Waals surface area (Å²) in [4.78, 5) is 19.7. The van der Waals surface area contributed by atoms with Crippen molar-refractivity contribution in [2.24, 2.45) is 15.8 Å². The standard InChI is InChI=1S/C16H14ClN5O2/c1-21(18)15-9-19-16(11-4-2-3-5-13(11)17)12-8-10(22(23)24)6-7-14(12)20-15/h2-8H,9,18H2,1H3. The Hall–Kier alpha value is -2.77. The predicted molar refractivity (Wildman–Crippen MR) is 94.1 cm³/mol. The fraction of sp³-hybridized carbons (Fsp3) is 0.125. The monoisotopic (exact) mass is 343 g/mol. The summed E-state index contributed by atoms with van der Waals surface area (Å²) in [5, 5.41) is 13.0. The molecule has 122 valence electrons. The van der Waals surface area contributed by atoms with Crippen molar-refractivity contribution in [3.05, 3.63) is 68.7 Å². The summed E-state index contributed by atoms with van der Waals surface area (Å²) in [6.45, 7) is 0.246. The highest BCUT2D eigenvalue weighted by Gasteiger charge is 2.21. The van der Waals surface area contributed by atoms with Crippen LogP contribution in [0.4, 0.5) is 11.4 Å². The van der Waals surface area contributed by atoms with Crippen molar-refractivity contribution >= 4 is 34.5 Å². The average molecular weight is 344 g/mol. The van der Waals surface area contributed by atoms with E-state index in [1.807, 2.05) is 18.2 Å². The summed E-state index contributed by atoms with van der Waals surface area (Å²) < 4.78 is 0. The molecule has 0 aliphatic carbocycles. The number of nitrogens with zero attached hydrogens (tertiary/aromatic N) is 4. The average Bonchev–Trinajstić information content (AvgIpc) is 2.74. The number of nitro groups is 1. The van der Waals surface area contributed by atoms with Crippen molar-refractivity contribution in [3.63, 3.8) is 0 Å². The van der Waals surface area contributed by atoms with Crippen molar-refractivity contribution in [3.8, 4) is 0 Å². The summed E-state index contributed by atoms with van der Waals surface area (Å²) in [5.74, 6) is 6.33. The highest BCUT2D eigenvalue weighted by atomic mass is 35.5. The molecule has 1 heterocycles. The molecule has 0 amide bonds. The smallest absolute Gasteiger partial charge is 0.270 e. The number of halogens is 1. The van der Waals surface area contributed by atoms with Crippen LogP contribution in [0.25, 0.3) is 0 Å². The van der Waals surface area contributed by atoms with Gasteiger partial charge in [0.05, 0.1) is 22.9 Å². The maximum Gasteiger partial charge on any atom is 0.270 e. The number of hydrogen-bond donors (Lipinski definition) is 1. The third-order valence-electron chi connectivity index (χ3n) is 3.61. The molecule has 7 nitrogen and oxygen atoms in total. The van der Waals surface area contributed by atoms with Gasteiger partial charge in [0.2, 0.25) is 0 Å². The molecule has 1 aliphatic rings. The van der Waals surface area contributed by atoms with Crippen LogP contribution in [-0.4, -0.2) is 35.1 Å². The molecule has 1 aliphatic heterocycles. The minimum absolute atomic E-state index is 0.0340. The van der Waals surface area contributed by atoms with E-state index < -0.39 is 4.92 Å². The Morgan fingerprint density at radius 2 is 2.00 bits per heavy atom. The third kappa shape index (κ3) is 2.99. The minimum atomic E-state index is -0.449. The lowest BCUT2D eigenvalue weighted by molar-refractivity contribution is -0.384. The number of aliphatic imine (C=N–C) groups is 2. The van der Waals surface area contributed by atoms with Crippen LogP contribution < -0.4 is 5.84 Å². The molecule has 24 heavy (non-hydrogen) atoms. The number of hydrogen-bond acceptors (Lipinski definition) is 6. The number of benzene rings is 2. The Kier molecular flexibility index (Phi) is 4.28. The first-order chi connectivity index (χ1) is 11.5. The fourth-order valence-corrected chi connectivity index (χ4v) is 2.63. The molecule has 0 atom stereocenters. The number of hydrazine groups is 1. The maximum atomic E-state index is 11.1. The molecule has 2 N–H and O–H groups in total. The third-order valence-corrected chi connectivity index (χ3v) is 3.94. The Bertz CT molecular complexity index is 877. The van der Waals surface area contributed by atoms with Crippen LogP contribution in [0.5, 0.6) is 0 Å². The summed E-state index contributed by atoms with van der Waals surface area (Å²) >= 11 is 6.29. The van der Waals surface area contributed by atoms with Crippen molar-refractivity contribution < 1.29 is 4.92 Å². The second kappa shape index (κ2) is 6.38. The van der Waals surface area contributed by atoms with Gasteiger partial charge in [-0.15, -0.1) is 0 Å². The lowest BCUT2D eigenvalue weighted by Crippen LogP contribution is -2.34. The molecule has 2 aromatic rings. The van der Waals surface area contributed by atoms with Crippen LogP contribution in [0.3, 0.4) is 0 Å². The van der Waals surface area contributed by atoms with Gasteiger partial charge in [-0.2, -0.15) is 0 Å². The molecule has 0 unspecified atom stereocenters. The van der Waals surface area contributed by atoms with Crippen molar-refractivity contribution in [2.75, 3.05) is 13.6 Å². The van der Waals surface area contributed by atoms with Crippen LogP contribution in [0.15, 0.2) is 52.4 Å². The molecular weight excluding hydrogens is 330 g/mol. The van der Waals surface area contributed by atoms with Gasteiger partial charge in [-0.05, 0) is 12.1 Å². The maximum absolute atomic E-state index is 11.1. The molecule has 0 radical (unpaired) electrons.